The number of hydrogen-bond acceptors (Lipinski definition) is 6. The number of thiophene rings is 1. The standard InChI is InChI=1S/C17H22N2O2S.C3H9N.C2H6/c1-20-9-11-7-8-13-14(11)15-16(18-10-19-17(15)22-13)21-12-5-3-2-4-6-12;1-4(2)3;1-2/h10-12H,2-9H2,1H3;1-3H3;1-2H3. The van der Waals surface area contributed by atoms with Gasteiger partial charge in [0, 0.05) is 17.9 Å². The molecule has 2 aromatic heterocycles. The van der Waals surface area contributed by atoms with E-state index >= 15 is 0 Å². The zero-order valence-electron chi connectivity index (χ0n) is 18.5. The van der Waals surface area contributed by atoms with Gasteiger partial charge in [-0.1, -0.05) is 20.3 Å². The average molecular weight is 408 g/mol. The molecule has 2 aliphatic carbocycles. The van der Waals surface area contributed by atoms with Gasteiger partial charge in [0.15, 0.2) is 0 Å². The van der Waals surface area contributed by atoms with Crippen molar-refractivity contribution in [1.29, 1.82) is 0 Å². The van der Waals surface area contributed by atoms with Crippen molar-refractivity contribution in [3.8, 4) is 5.88 Å². The molecule has 2 aromatic rings. The largest absolute Gasteiger partial charge is 0.474 e. The van der Waals surface area contributed by atoms with Gasteiger partial charge >= 0.3 is 0 Å². The van der Waals surface area contributed by atoms with E-state index in [2.05, 4.69) is 9.97 Å². The molecule has 28 heavy (non-hydrogen) atoms. The number of nitrogens with zero attached hydrogens (tertiary/aromatic N) is 3. The summed E-state index contributed by atoms with van der Waals surface area (Å²) in [4.78, 5) is 13.5. The molecule has 0 aliphatic heterocycles. The Morgan fingerprint density at radius 2 is 1.75 bits per heavy atom. The molecule has 0 aromatic carbocycles. The third-order valence-corrected chi connectivity index (χ3v) is 6.07. The summed E-state index contributed by atoms with van der Waals surface area (Å²) in [5.41, 5.74) is 1.40. The van der Waals surface area contributed by atoms with E-state index in [1.807, 2.05) is 39.9 Å². The number of methoxy groups -OCH3 is 1. The summed E-state index contributed by atoms with van der Waals surface area (Å²) in [5, 5.41) is 1.16. The van der Waals surface area contributed by atoms with Crippen LogP contribution in [0.5, 0.6) is 5.88 Å². The molecular weight excluding hydrogens is 370 g/mol. The second-order valence-corrected chi connectivity index (χ2v) is 8.79. The van der Waals surface area contributed by atoms with Crippen molar-refractivity contribution in [3.63, 3.8) is 0 Å². The van der Waals surface area contributed by atoms with Crippen LogP contribution in [-0.4, -0.2) is 55.8 Å². The van der Waals surface area contributed by atoms with Gasteiger partial charge in [0.1, 0.15) is 17.3 Å². The highest BCUT2D eigenvalue weighted by Gasteiger charge is 2.30. The van der Waals surface area contributed by atoms with Crippen LogP contribution in [0.2, 0.25) is 0 Å². The fourth-order valence-electron chi connectivity index (χ4n) is 3.84. The van der Waals surface area contributed by atoms with Gasteiger partial charge in [0.2, 0.25) is 5.88 Å². The Morgan fingerprint density at radius 3 is 2.39 bits per heavy atom. The molecule has 1 unspecified atom stereocenters. The lowest BCUT2D eigenvalue weighted by Crippen LogP contribution is -2.20. The topological polar surface area (TPSA) is 47.5 Å². The predicted octanol–water partition coefficient (Wildman–Crippen LogP) is 5.28. The molecule has 0 bridgehead atoms. The zero-order valence-corrected chi connectivity index (χ0v) is 19.3. The van der Waals surface area contributed by atoms with E-state index in [4.69, 9.17) is 9.47 Å². The lowest BCUT2D eigenvalue weighted by molar-refractivity contribution is 0.150. The predicted molar refractivity (Wildman–Crippen MR) is 119 cm³/mol. The molecule has 158 valence electrons. The SMILES string of the molecule is CC.CN(C)C.COCC1CCc2sc3ncnc(OC4CCCCC4)c3c21. The van der Waals surface area contributed by atoms with Gasteiger partial charge < -0.3 is 14.4 Å². The third-order valence-electron chi connectivity index (χ3n) is 4.89. The van der Waals surface area contributed by atoms with Gasteiger partial charge in [-0.25, -0.2) is 9.97 Å². The maximum absolute atomic E-state index is 6.29. The van der Waals surface area contributed by atoms with Crippen molar-refractivity contribution in [3.05, 3.63) is 16.8 Å². The van der Waals surface area contributed by atoms with Crippen LogP contribution in [0, 0.1) is 0 Å². The summed E-state index contributed by atoms with van der Waals surface area (Å²) in [7, 11) is 7.78. The summed E-state index contributed by atoms with van der Waals surface area (Å²) in [6.45, 7) is 4.77. The van der Waals surface area contributed by atoms with Crippen LogP contribution in [0.25, 0.3) is 10.2 Å². The van der Waals surface area contributed by atoms with Gasteiger partial charge in [-0.2, -0.15) is 0 Å². The Bertz CT molecular complexity index is 708. The number of fused-ring (bicyclic) bond motifs is 3. The van der Waals surface area contributed by atoms with Crippen molar-refractivity contribution in [2.45, 2.75) is 70.8 Å². The number of rotatable bonds is 4. The highest BCUT2D eigenvalue weighted by atomic mass is 32.1. The van der Waals surface area contributed by atoms with Crippen LogP contribution >= 0.6 is 11.3 Å². The van der Waals surface area contributed by atoms with Crippen LogP contribution in [0.4, 0.5) is 0 Å². The van der Waals surface area contributed by atoms with E-state index in [1.54, 1.807) is 24.8 Å². The van der Waals surface area contributed by atoms with Crippen LogP contribution in [0.1, 0.15) is 68.7 Å². The summed E-state index contributed by atoms with van der Waals surface area (Å²) >= 11 is 1.81. The molecule has 6 heteroatoms. The first-order valence-corrected chi connectivity index (χ1v) is 11.4. The molecular formula is C22H37N3O2S. The third kappa shape index (κ3) is 5.88. The van der Waals surface area contributed by atoms with Gasteiger partial charge in [-0.15, -0.1) is 11.3 Å². The van der Waals surface area contributed by atoms with Crippen molar-refractivity contribution >= 4 is 21.6 Å². The molecule has 2 aliphatic rings. The Labute approximate surface area is 174 Å². The van der Waals surface area contributed by atoms with Crippen LogP contribution in [0.15, 0.2) is 6.33 Å². The Kier molecular flexibility index (Phi) is 9.62. The van der Waals surface area contributed by atoms with Crippen LogP contribution in [0.3, 0.4) is 0 Å². The Balaban J connectivity index is 0.000000419. The van der Waals surface area contributed by atoms with Crippen LogP contribution < -0.4 is 4.74 Å². The van der Waals surface area contributed by atoms with Crippen molar-refractivity contribution in [1.82, 2.24) is 14.9 Å². The fraction of sp³-hybridized carbons (Fsp3) is 0.727. The van der Waals surface area contributed by atoms with Gasteiger partial charge in [0.05, 0.1) is 12.0 Å². The lowest BCUT2D eigenvalue weighted by Gasteiger charge is -2.23. The normalized spacial score (nSPS) is 18.9. The molecule has 0 radical (unpaired) electrons. The van der Waals surface area contributed by atoms with E-state index in [-0.39, 0.29) is 0 Å². The first-order chi connectivity index (χ1) is 13.6. The zero-order chi connectivity index (χ0) is 20.5. The Morgan fingerprint density at radius 1 is 1.07 bits per heavy atom. The van der Waals surface area contributed by atoms with Crippen molar-refractivity contribution in [2.75, 3.05) is 34.9 Å². The van der Waals surface area contributed by atoms with Gasteiger partial charge in [-0.3, -0.25) is 0 Å². The van der Waals surface area contributed by atoms with E-state index in [1.165, 1.54) is 36.1 Å². The smallest absolute Gasteiger partial charge is 0.225 e. The second-order valence-electron chi connectivity index (χ2n) is 7.71. The fourth-order valence-corrected chi connectivity index (χ4v) is 5.07. The molecule has 4 rings (SSSR count). The van der Waals surface area contributed by atoms with Crippen molar-refractivity contribution < 1.29 is 9.47 Å². The second kappa shape index (κ2) is 11.7. The molecule has 2 heterocycles. The molecule has 5 nitrogen and oxygen atoms in total. The summed E-state index contributed by atoms with van der Waals surface area (Å²) < 4.78 is 11.7. The molecule has 0 N–H and O–H groups in total. The molecule has 0 spiro atoms. The molecule has 1 saturated carbocycles. The van der Waals surface area contributed by atoms with E-state index < -0.39 is 0 Å². The summed E-state index contributed by atoms with van der Waals surface area (Å²) in [6.07, 6.45) is 10.5. The molecule has 0 saturated heterocycles. The molecule has 1 fully saturated rings. The van der Waals surface area contributed by atoms with E-state index in [0.717, 1.165) is 42.0 Å². The van der Waals surface area contributed by atoms with E-state index in [9.17, 15) is 0 Å². The quantitative estimate of drug-likeness (QED) is 0.690. The van der Waals surface area contributed by atoms with Gasteiger partial charge in [0.25, 0.3) is 0 Å². The number of aromatic nitrogens is 2. The maximum atomic E-state index is 6.29. The minimum atomic E-state index is 0.324. The first kappa shape index (κ1) is 23.0. The molecule has 1 atom stereocenters. The van der Waals surface area contributed by atoms with Crippen LogP contribution in [-0.2, 0) is 11.2 Å². The highest BCUT2D eigenvalue weighted by Crippen LogP contribution is 2.46. The minimum absolute atomic E-state index is 0.324. The van der Waals surface area contributed by atoms with Gasteiger partial charge in [-0.05, 0) is 65.2 Å². The monoisotopic (exact) mass is 407 g/mol. The first-order valence-electron chi connectivity index (χ1n) is 10.6. The molecule has 0 amide bonds. The summed E-state index contributed by atoms with van der Waals surface area (Å²) in [6, 6.07) is 0. The Hall–Kier alpha value is -1.24. The van der Waals surface area contributed by atoms with E-state index in [0.29, 0.717) is 12.0 Å². The van der Waals surface area contributed by atoms with Crippen molar-refractivity contribution in [2.24, 2.45) is 0 Å². The highest BCUT2D eigenvalue weighted by molar-refractivity contribution is 7.19. The summed E-state index contributed by atoms with van der Waals surface area (Å²) in [5.74, 6) is 1.27. The minimum Gasteiger partial charge on any atom is -0.474 e. The maximum Gasteiger partial charge on any atom is 0.225 e. The average Bonchev–Trinajstić information content (AvgIpc) is 3.24. The lowest BCUT2D eigenvalue weighted by atomic mass is 9.97. The number of hydrogen-bond donors (Lipinski definition) is 0. The number of ether oxygens (including phenoxy) is 2. The number of aryl methyl sites for hydroxylation is 1.